The third-order valence-corrected chi connectivity index (χ3v) is 6.50. The summed E-state index contributed by atoms with van der Waals surface area (Å²) in [7, 11) is -1.67. The fraction of sp³-hybridized carbons (Fsp3) is 0.538. The van der Waals surface area contributed by atoms with Gasteiger partial charge in [-0.2, -0.15) is 0 Å². The molecule has 0 unspecified atom stereocenters. The van der Waals surface area contributed by atoms with E-state index in [1.54, 1.807) is 19.1 Å². The SMILES string of the molecule is CCS(=O)(=O)N(C)CCCNC(=O)CNC(=O)c1ccc(Br)s1. The van der Waals surface area contributed by atoms with Crippen molar-refractivity contribution in [2.45, 2.75) is 13.3 Å². The summed E-state index contributed by atoms with van der Waals surface area (Å²) in [6.45, 7) is 2.16. The van der Waals surface area contributed by atoms with Crippen LogP contribution in [0.15, 0.2) is 15.9 Å². The van der Waals surface area contributed by atoms with Crippen LogP contribution in [0.3, 0.4) is 0 Å². The van der Waals surface area contributed by atoms with Gasteiger partial charge in [0.2, 0.25) is 15.9 Å². The zero-order chi connectivity index (χ0) is 17.5. The average molecular weight is 426 g/mol. The van der Waals surface area contributed by atoms with Crippen LogP contribution in [0, 0.1) is 0 Å². The second-order valence-corrected chi connectivity index (χ2v) is 9.54. The number of hydrogen-bond acceptors (Lipinski definition) is 5. The number of hydrogen-bond donors (Lipinski definition) is 2. The van der Waals surface area contributed by atoms with Crippen LogP contribution in [-0.2, 0) is 14.8 Å². The van der Waals surface area contributed by atoms with Crippen LogP contribution in [0.2, 0.25) is 0 Å². The second kappa shape index (κ2) is 9.36. The highest BCUT2D eigenvalue weighted by molar-refractivity contribution is 9.11. The van der Waals surface area contributed by atoms with Crippen molar-refractivity contribution in [2.75, 3.05) is 32.4 Å². The van der Waals surface area contributed by atoms with Crippen LogP contribution in [-0.4, -0.2) is 57.0 Å². The molecule has 0 aliphatic carbocycles. The standard InChI is InChI=1S/C13H20BrN3O4S2/c1-3-23(20,21)17(2)8-4-7-15-12(18)9-16-13(19)10-5-6-11(14)22-10/h5-6H,3-4,7-9H2,1-2H3,(H,15,18)(H,16,19). The first-order valence-electron chi connectivity index (χ1n) is 7.00. The van der Waals surface area contributed by atoms with Crippen molar-refractivity contribution in [1.82, 2.24) is 14.9 Å². The van der Waals surface area contributed by atoms with E-state index in [9.17, 15) is 18.0 Å². The van der Waals surface area contributed by atoms with Gasteiger partial charge in [0.1, 0.15) is 0 Å². The highest BCUT2D eigenvalue weighted by Crippen LogP contribution is 2.21. The molecule has 0 saturated heterocycles. The van der Waals surface area contributed by atoms with Gasteiger partial charge in [-0.15, -0.1) is 11.3 Å². The molecule has 0 aliphatic rings. The number of thiophene rings is 1. The molecule has 0 bridgehead atoms. The Morgan fingerprint density at radius 1 is 1.30 bits per heavy atom. The van der Waals surface area contributed by atoms with Gasteiger partial charge in [0.25, 0.3) is 5.91 Å². The van der Waals surface area contributed by atoms with Crippen LogP contribution in [0.4, 0.5) is 0 Å². The van der Waals surface area contributed by atoms with Crippen molar-refractivity contribution in [1.29, 1.82) is 0 Å². The summed E-state index contributed by atoms with van der Waals surface area (Å²) in [5.74, 6) is -0.555. The summed E-state index contributed by atoms with van der Waals surface area (Å²) in [6.07, 6.45) is 0.507. The normalized spacial score (nSPS) is 11.5. The number of amides is 2. The molecule has 2 N–H and O–H groups in total. The lowest BCUT2D eigenvalue weighted by atomic mass is 10.4. The van der Waals surface area contributed by atoms with Crippen molar-refractivity contribution in [2.24, 2.45) is 0 Å². The molecule has 23 heavy (non-hydrogen) atoms. The predicted molar refractivity (Wildman–Crippen MR) is 94.1 cm³/mol. The number of carbonyl (C=O) groups excluding carboxylic acids is 2. The van der Waals surface area contributed by atoms with Gasteiger partial charge in [-0.3, -0.25) is 9.59 Å². The lowest BCUT2D eigenvalue weighted by Gasteiger charge is -2.15. The Bertz CT molecular complexity index is 645. The minimum absolute atomic E-state index is 0.0563. The molecule has 0 fully saturated rings. The molecule has 0 radical (unpaired) electrons. The number of sulfonamides is 1. The fourth-order valence-electron chi connectivity index (χ4n) is 1.64. The van der Waals surface area contributed by atoms with E-state index in [0.29, 0.717) is 24.4 Å². The Morgan fingerprint density at radius 3 is 2.57 bits per heavy atom. The number of rotatable bonds is 9. The van der Waals surface area contributed by atoms with Gasteiger partial charge in [0.15, 0.2) is 0 Å². The minimum atomic E-state index is -3.19. The minimum Gasteiger partial charge on any atom is -0.355 e. The number of halogens is 1. The van der Waals surface area contributed by atoms with Crippen molar-refractivity contribution < 1.29 is 18.0 Å². The lowest BCUT2D eigenvalue weighted by Crippen LogP contribution is -2.38. The van der Waals surface area contributed by atoms with E-state index in [1.165, 1.54) is 22.7 Å². The summed E-state index contributed by atoms with van der Waals surface area (Å²) in [5.41, 5.74) is 0. The Morgan fingerprint density at radius 2 is 2.00 bits per heavy atom. The molecule has 7 nitrogen and oxygen atoms in total. The molecule has 130 valence electrons. The monoisotopic (exact) mass is 425 g/mol. The molecule has 1 heterocycles. The molecule has 1 rings (SSSR count). The number of nitrogens with zero attached hydrogens (tertiary/aromatic N) is 1. The van der Waals surface area contributed by atoms with E-state index in [1.807, 2.05) is 0 Å². The first-order valence-corrected chi connectivity index (χ1v) is 10.2. The molecule has 1 aromatic rings. The summed E-state index contributed by atoms with van der Waals surface area (Å²) in [4.78, 5) is 23.9. The second-order valence-electron chi connectivity index (χ2n) is 4.71. The molecule has 0 aromatic carbocycles. The third kappa shape index (κ3) is 6.98. The Hall–Kier alpha value is -0.970. The first-order chi connectivity index (χ1) is 10.8. The van der Waals surface area contributed by atoms with Gasteiger partial charge in [0.05, 0.1) is 21.0 Å². The molecular weight excluding hydrogens is 406 g/mol. The van der Waals surface area contributed by atoms with Gasteiger partial charge in [0, 0.05) is 20.1 Å². The maximum atomic E-state index is 11.8. The van der Waals surface area contributed by atoms with Crippen LogP contribution >= 0.6 is 27.3 Å². The summed E-state index contributed by atoms with van der Waals surface area (Å²) < 4.78 is 25.2. The summed E-state index contributed by atoms with van der Waals surface area (Å²) >= 11 is 4.55. The van der Waals surface area contributed by atoms with E-state index in [-0.39, 0.29) is 24.1 Å². The average Bonchev–Trinajstić information content (AvgIpc) is 2.95. The van der Waals surface area contributed by atoms with E-state index in [0.717, 1.165) is 3.79 Å². The molecule has 0 atom stereocenters. The molecule has 2 amide bonds. The van der Waals surface area contributed by atoms with Crippen LogP contribution in [0.1, 0.15) is 23.0 Å². The molecule has 0 spiro atoms. The van der Waals surface area contributed by atoms with E-state index >= 15 is 0 Å². The van der Waals surface area contributed by atoms with Crippen molar-refractivity contribution in [3.8, 4) is 0 Å². The molecule has 0 aliphatic heterocycles. The van der Waals surface area contributed by atoms with E-state index in [2.05, 4.69) is 26.6 Å². The van der Waals surface area contributed by atoms with Crippen LogP contribution in [0.5, 0.6) is 0 Å². The third-order valence-electron chi connectivity index (χ3n) is 3.02. The zero-order valence-corrected chi connectivity index (χ0v) is 16.2. The summed E-state index contributed by atoms with van der Waals surface area (Å²) in [5, 5.41) is 5.17. The van der Waals surface area contributed by atoms with Crippen molar-refractivity contribution >= 4 is 49.1 Å². The van der Waals surface area contributed by atoms with Crippen LogP contribution < -0.4 is 10.6 Å². The Labute approximate surface area is 148 Å². The van der Waals surface area contributed by atoms with Gasteiger partial charge in [-0.05, 0) is 41.4 Å². The highest BCUT2D eigenvalue weighted by atomic mass is 79.9. The van der Waals surface area contributed by atoms with Gasteiger partial charge in [-0.1, -0.05) is 0 Å². The van der Waals surface area contributed by atoms with Gasteiger partial charge in [-0.25, -0.2) is 12.7 Å². The fourth-order valence-corrected chi connectivity index (χ4v) is 3.79. The van der Waals surface area contributed by atoms with Crippen molar-refractivity contribution in [3.05, 3.63) is 20.8 Å². The van der Waals surface area contributed by atoms with Crippen LogP contribution in [0.25, 0.3) is 0 Å². The van der Waals surface area contributed by atoms with Crippen molar-refractivity contribution in [3.63, 3.8) is 0 Å². The first kappa shape index (κ1) is 20.1. The summed E-state index contributed by atoms with van der Waals surface area (Å²) in [6, 6.07) is 3.44. The Balaban J connectivity index is 2.21. The quantitative estimate of drug-likeness (QED) is 0.577. The molecular formula is C13H20BrN3O4S2. The van der Waals surface area contributed by atoms with E-state index in [4.69, 9.17) is 0 Å². The number of carbonyl (C=O) groups is 2. The topological polar surface area (TPSA) is 95.6 Å². The molecule has 10 heteroatoms. The molecule has 0 saturated carbocycles. The van der Waals surface area contributed by atoms with E-state index < -0.39 is 10.0 Å². The zero-order valence-electron chi connectivity index (χ0n) is 13.0. The number of nitrogens with one attached hydrogen (secondary N) is 2. The maximum absolute atomic E-state index is 11.8. The predicted octanol–water partition coefficient (Wildman–Crippen LogP) is 1.03. The smallest absolute Gasteiger partial charge is 0.261 e. The Kier molecular flexibility index (Phi) is 8.17. The largest absolute Gasteiger partial charge is 0.355 e. The van der Waals surface area contributed by atoms with Gasteiger partial charge < -0.3 is 10.6 Å². The lowest BCUT2D eigenvalue weighted by molar-refractivity contribution is -0.120. The van der Waals surface area contributed by atoms with Gasteiger partial charge >= 0.3 is 0 Å². The highest BCUT2D eigenvalue weighted by Gasteiger charge is 2.14. The molecule has 1 aromatic heterocycles. The maximum Gasteiger partial charge on any atom is 0.261 e.